The number of fused-ring (bicyclic) bond motifs is 1. The van der Waals surface area contributed by atoms with Crippen LogP contribution in [0.15, 0.2) is 18.2 Å². The lowest BCUT2D eigenvalue weighted by molar-refractivity contribution is -0.143. The molecule has 1 amide bonds. The zero-order valence-electron chi connectivity index (χ0n) is 21.7. The van der Waals surface area contributed by atoms with Crippen molar-refractivity contribution in [2.45, 2.75) is 44.6 Å². The summed E-state index contributed by atoms with van der Waals surface area (Å²) in [4.78, 5) is 32.1. The average molecular weight is 491 g/mol. The number of unbranched alkanes of at least 4 members (excludes halogenated alkanes) is 1. The van der Waals surface area contributed by atoms with Crippen LogP contribution in [0.4, 0.5) is 0 Å². The minimum Gasteiger partial charge on any atom is -0.481 e. The predicted molar refractivity (Wildman–Crippen MR) is 135 cm³/mol. The highest BCUT2D eigenvalue weighted by Crippen LogP contribution is 2.42. The molecule has 1 saturated heterocycles. The summed E-state index contributed by atoms with van der Waals surface area (Å²) >= 11 is 0. The normalized spacial score (nSPS) is 21.6. The molecule has 9 heteroatoms. The Morgan fingerprint density at radius 2 is 1.89 bits per heavy atom. The topological polar surface area (TPSA) is 94.6 Å². The molecule has 2 aliphatic rings. The van der Waals surface area contributed by atoms with Gasteiger partial charge in [0.2, 0.25) is 12.7 Å². The van der Waals surface area contributed by atoms with Gasteiger partial charge in [-0.1, -0.05) is 19.4 Å². The molecule has 1 aromatic carbocycles. The minimum atomic E-state index is -0.822. The fraction of sp³-hybridized carbons (Fsp3) is 0.692. The molecule has 0 spiro atoms. The van der Waals surface area contributed by atoms with Gasteiger partial charge < -0.3 is 29.7 Å². The van der Waals surface area contributed by atoms with Gasteiger partial charge in [-0.3, -0.25) is 14.5 Å². The number of nitrogens with one attached hydrogen (secondary N) is 1. The highest BCUT2D eigenvalue weighted by molar-refractivity contribution is 5.79. The molecule has 0 radical (unpaired) electrons. The van der Waals surface area contributed by atoms with Crippen LogP contribution in [0.3, 0.4) is 0 Å². The number of carbonyl (C=O) groups excluding carboxylic acids is 1. The van der Waals surface area contributed by atoms with Crippen LogP contribution in [0.1, 0.15) is 44.1 Å². The van der Waals surface area contributed by atoms with E-state index in [2.05, 4.69) is 22.0 Å². The summed E-state index contributed by atoms with van der Waals surface area (Å²) in [6, 6.07) is 5.46. The van der Waals surface area contributed by atoms with Crippen LogP contribution in [-0.2, 0) is 9.59 Å². The molecule has 2 aliphatic heterocycles. The van der Waals surface area contributed by atoms with Crippen LogP contribution in [0.25, 0.3) is 0 Å². The van der Waals surface area contributed by atoms with Crippen molar-refractivity contribution >= 4 is 11.9 Å². The summed E-state index contributed by atoms with van der Waals surface area (Å²) in [5.41, 5.74) is 0.917. The number of carbonyl (C=O) groups is 2. The number of rotatable bonds is 14. The number of ether oxygens (including phenoxy) is 2. The van der Waals surface area contributed by atoms with E-state index in [0.29, 0.717) is 31.0 Å². The number of hydrogen-bond acceptors (Lipinski definition) is 7. The minimum absolute atomic E-state index is 0.0853. The van der Waals surface area contributed by atoms with Crippen molar-refractivity contribution in [3.63, 3.8) is 0 Å². The van der Waals surface area contributed by atoms with Crippen LogP contribution < -0.4 is 14.8 Å². The number of hydrogen-bond donors (Lipinski definition) is 2. The maximum Gasteiger partial charge on any atom is 0.308 e. The van der Waals surface area contributed by atoms with E-state index < -0.39 is 11.9 Å². The van der Waals surface area contributed by atoms with Crippen LogP contribution in [0.5, 0.6) is 11.5 Å². The Morgan fingerprint density at radius 1 is 1.14 bits per heavy atom. The highest BCUT2D eigenvalue weighted by Gasteiger charge is 2.47. The summed E-state index contributed by atoms with van der Waals surface area (Å²) in [6.45, 7) is 6.16. The SMILES string of the molecule is CCCCN(CCCN(C)C)C(=O)CN1C[C@H](c2ccc3c(c2)OCO3)[C@@H](C(=O)O)[C@@H]1CCNC. The Balaban J connectivity index is 1.79. The first-order valence-electron chi connectivity index (χ1n) is 12.8. The second-order valence-electron chi connectivity index (χ2n) is 9.86. The zero-order valence-corrected chi connectivity index (χ0v) is 21.7. The number of aliphatic carboxylic acids is 1. The molecule has 0 saturated carbocycles. The number of amides is 1. The van der Waals surface area contributed by atoms with E-state index in [1.54, 1.807) is 0 Å². The summed E-state index contributed by atoms with van der Waals surface area (Å²) in [5.74, 6) is -0.232. The average Bonchev–Trinajstić information content (AvgIpc) is 3.43. The summed E-state index contributed by atoms with van der Waals surface area (Å²) in [6.07, 6.45) is 3.58. The lowest BCUT2D eigenvalue weighted by Gasteiger charge is -2.30. The third-order valence-corrected chi connectivity index (χ3v) is 7.05. The summed E-state index contributed by atoms with van der Waals surface area (Å²) in [5, 5.41) is 13.4. The molecule has 0 aliphatic carbocycles. The third kappa shape index (κ3) is 7.08. The van der Waals surface area contributed by atoms with Gasteiger partial charge in [0.15, 0.2) is 11.5 Å². The fourth-order valence-electron chi connectivity index (χ4n) is 5.19. The quantitative estimate of drug-likeness (QED) is 0.409. The first-order valence-corrected chi connectivity index (χ1v) is 12.8. The van der Waals surface area contributed by atoms with Gasteiger partial charge in [0.25, 0.3) is 0 Å². The molecular weight excluding hydrogens is 448 g/mol. The highest BCUT2D eigenvalue weighted by atomic mass is 16.7. The lowest BCUT2D eigenvalue weighted by Crippen LogP contribution is -2.45. The van der Waals surface area contributed by atoms with Gasteiger partial charge >= 0.3 is 5.97 Å². The molecule has 0 unspecified atom stereocenters. The van der Waals surface area contributed by atoms with Crippen molar-refractivity contribution in [1.29, 1.82) is 0 Å². The van der Waals surface area contributed by atoms with Crippen LogP contribution in [-0.4, -0.2) is 105 Å². The van der Waals surface area contributed by atoms with E-state index >= 15 is 0 Å². The van der Waals surface area contributed by atoms with Crippen molar-refractivity contribution in [3.8, 4) is 11.5 Å². The summed E-state index contributed by atoms with van der Waals surface area (Å²) < 4.78 is 11.0. The Hall–Kier alpha value is -2.36. The molecule has 2 N–H and O–H groups in total. The number of carboxylic acid groups (broad SMARTS) is 1. The number of likely N-dealkylation sites (tertiary alicyclic amines) is 1. The van der Waals surface area contributed by atoms with Crippen LogP contribution in [0.2, 0.25) is 0 Å². The molecule has 1 aromatic rings. The van der Waals surface area contributed by atoms with E-state index in [4.69, 9.17) is 9.47 Å². The van der Waals surface area contributed by atoms with Crippen molar-refractivity contribution in [2.75, 3.05) is 67.2 Å². The van der Waals surface area contributed by atoms with Crippen molar-refractivity contribution in [1.82, 2.24) is 20.0 Å². The maximum absolute atomic E-state index is 13.4. The van der Waals surface area contributed by atoms with Gasteiger partial charge in [0, 0.05) is 31.6 Å². The van der Waals surface area contributed by atoms with E-state index in [1.807, 2.05) is 44.2 Å². The Bertz CT molecular complexity index is 849. The van der Waals surface area contributed by atoms with Crippen molar-refractivity contribution in [2.24, 2.45) is 5.92 Å². The monoisotopic (exact) mass is 490 g/mol. The largest absolute Gasteiger partial charge is 0.481 e. The molecule has 35 heavy (non-hydrogen) atoms. The molecule has 1 fully saturated rings. The van der Waals surface area contributed by atoms with E-state index in [1.165, 1.54) is 0 Å². The maximum atomic E-state index is 13.4. The Labute approximate surface area is 209 Å². The number of benzene rings is 1. The van der Waals surface area contributed by atoms with E-state index in [9.17, 15) is 14.7 Å². The van der Waals surface area contributed by atoms with Gasteiger partial charge in [-0.05, 0) is 71.2 Å². The predicted octanol–water partition coefficient (Wildman–Crippen LogP) is 2.07. The molecule has 2 heterocycles. The van der Waals surface area contributed by atoms with Gasteiger partial charge in [0.05, 0.1) is 12.5 Å². The van der Waals surface area contributed by atoms with Gasteiger partial charge in [-0.2, -0.15) is 0 Å². The Morgan fingerprint density at radius 3 is 2.57 bits per heavy atom. The van der Waals surface area contributed by atoms with Crippen molar-refractivity contribution in [3.05, 3.63) is 23.8 Å². The zero-order chi connectivity index (χ0) is 25.4. The summed E-state index contributed by atoms with van der Waals surface area (Å²) in [7, 11) is 5.95. The molecule has 3 atom stereocenters. The second kappa shape index (κ2) is 13.1. The van der Waals surface area contributed by atoms with Gasteiger partial charge in [0.1, 0.15) is 0 Å². The van der Waals surface area contributed by atoms with Gasteiger partial charge in [-0.15, -0.1) is 0 Å². The lowest BCUT2D eigenvalue weighted by atomic mass is 9.84. The Kier molecular flexibility index (Phi) is 10.2. The fourth-order valence-corrected chi connectivity index (χ4v) is 5.19. The van der Waals surface area contributed by atoms with Gasteiger partial charge in [-0.25, -0.2) is 0 Å². The third-order valence-electron chi connectivity index (χ3n) is 7.05. The van der Waals surface area contributed by atoms with Crippen molar-refractivity contribution < 1.29 is 24.2 Å². The molecular formula is C26H42N4O5. The molecule has 9 nitrogen and oxygen atoms in total. The first kappa shape index (κ1) is 27.2. The smallest absolute Gasteiger partial charge is 0.308 e. The number of nitrogens with zero attached hydrogens (tertiary/aromatic N) is 3. The van der Waals surface area contributed by atoms with Crippen LogP contribution >= 0.6 is 0 Å². The van der Waals surface area contributed by atoms with E-state index in [0.717, 1.165) is 44.5 Å². The molecule has 0 aromatic heterocycles. The first-order chi connectivity index (χ1) is 16.8. The second-order valence-corrected chi connectivity index (χ2v) is 9.86. The van der Waals surface area contributed by atoms with E-state index in [-0.39, 0.29) is 31.2 Å². The molecule has 196 valence electrons. The standard InChI is InChI=1S/C26H42N4O5/c1-5-6-13-29(14-7-12-28(3)4)24(31)17-30-16-20(25(26(32)33)21(30)10-11-27-2)19-8-9-22-23(15-19)35-18-34-22/h8-9,15,20-21,25,27H,5-7,10-14,16-18H2,1-4H3,(H,32,33)/t20-,21+,25-/m1/s1. The molecule has 3 rings (SSSR count). The van der Waals surface area contributed by atoms with Crippen LogP contribution in [0, 0.1) is 5.92 Å². The molecule has 0 bridgehead atoms. The number of carboxylic acids is 1.